The molecule has 7 heteroatoms. The molecule has 0 aliphatic heterocycles. The fourth-order valence-corrected chi connectivity index (χ4v) is 7.05. The van der Waals surface area contributed by atoms with Gasteiger partial charge in [-0.2, -0.15) is 0 Å². The van der Waals surface area contributed by atoms with Crippen molar-refractivity contribution < 1.29 is 30.0 Å². The number of carbonyl (C=O) groups excluding carboxylic acids is 1. The molecule has 1 aromatic rings. The van der Waals surface area contributed by atoms with Gasteiger partial charge in [0, 0.05) is 24.0 Å². The van der Waals surface area contributed by atoms with Crippen LogP contribution < -0.4 is 0 Å². The van der Waals surface area contributed by atoms with Gasteiger partial charge in [-0.05, 0) is 55.4 Å². The van der Waals surface area contributed by atoms with Gasteiger partial charge in [-0.3, -0.25) is 0 Å². The van der Waals surface area contributed by atoms with Crippen LogP contribution in [0.25, 0.3) is 0 Å². The van der Waals surface area contributed by atoms with Gasteiger partial charge in [0.25, 0.3) is 0 Å². The number of phenolic OH excluding ortho intramolecular Hbond substituents is 2. The topological polar surface area (TPSA) is 107 Å². The van der Waals surface area contributed by atoms with E-state index in [0.717, 1.165) is 18.9 Å². The Labute approximate surface area is 181 Å². The van der Waals surface area contributed by atoms with Crippen LogP contribution in [0.5, 0.6) is 11.5 Å². The van der Waals surface area contributed by atoms with E-state index >= 15 is 0 Å². The lowest BCUT2D eigenvalue weighted by molar-refractivity contribution is -0.312. The summed E-state index contributed by atoms with van der Waals surface area (Å²) in [7, 11) is 0. The van der Waals surface area contributed by atoms with E-state index in [1.54, 1.807) is 0 Å². The highest BCUT2D eigenvalue weighted by atomic mass is 35.5. The first-order valence-electron chi connectivity index (χ1n) is 10.6. The normalized spacial score (nSPS) is 39.0. The fourth-order valence-electron chi connectivity index (χ4n) is 6.90. The number of ether oxygens (including phenoxy) is 1. The molecule has 0 radical (unpaired) electrons. The van der Waals surface area contributed by atoms with Gasteiger partial charge in [-0.15, -0.1) is 0 Å². The quantitative estimate of drug-likeness (QED) is 0.535. The summed E-state index contributed by atoms with van der Waals surface area (Å²) in [6.07, 6.45) is 2.52. The largest absolute Gasteiger partial charge is 0.507 e. The lowest BCUT2D eigenvalue weighted by Gasteiger charge is -2.68. The highest BCUT2D eigenvalue weighted by Crippen LogP contribution is 2.70. The second-order valence-corrected chi connectivity index (χ2v) is 11.0. The number of aliphatic hydroxyl groups excluding tert-OH is 1. The summed E-state index contributed by atoms with van der Waals surface area (Å²) in [6.45, 7) is 7.90. The molecule has 1 aromatic carbocycles. The summed E-state index contributed by atoms with van der Waals surface area (Å²) >= 11 is 6.03. The van der Waals surface area contributed by atoms with E-state index in [0.29, 0.717) is 24.7 Å². The Morgan fingerprint density at radius 1 is 1.20 bits per heavy atom. The molecule has 4 N–H and O–H groups in total. The van der Waals surface area contributed by atoms with Gasteiger partial charge in [0.2, 0.25) is 0 Å². The first-order chi connectivity index (χ1) is 13.9. The number of aliphatic hydroxyl groups is 2. The van der Waals surface area contributed by atoms with E-state index in [9.17, 15) is 25.2 Å². The summed E-state index contributed by atoms with van der Waals surface area (Å²) in [6, 6.07) is 1.01. The Hall–Kier alpha value is -1.50. The van der Waals surface area contributed by atoms with Crippen LogP contribution in [0.2, 0.25) is 5.02 Å². The van der Waals surface area contributed by atoms with Gasteiger partial charge < -0.3 is 25.2 Å². The Kier molecular flexibility index (Phi) is 4.89. The van der Waals surface area contributed by atoms with E-state index < -0.39 is 28.8 Å². The van der Waals surface area contributed by atoms with E-state index in [4.69, 9.17) is 16.3 Å². The fraction of sp³-hybridized carbons (Fsp3) is 0.696. The molecule has 166 valence electrons. The molecular formula is C23H31ClO6. The second kappa shape index (κ2) is 6.75. The van der Waals surface area contributed by atoms with Crippen LogP contribution in [0, 0.1) is 35.5 Å². The molecule has 0 spiro atoms. The molecule has 3 fully saturated rings. The lowest BCUT2D eigenvalue weighted by Crippen LogP contribution is -2.76. The number of phenols is 2. The molecule has 3 aliphatic carbocycles. The SMILES string of the molecule is Cc1c(Cl)c(O)cc(O)c1C(=O)O[C@@H]1C[C@]2(C)[C@H]3CC(C)(C)C[C@H]3C[C@@H](CO)[C@]12O. The molecule has 0 saturated heterocycles. The lowest BCUT2D eigenvalue weighted by atomic mass is 9.41. The standard InChI is InChI=1S/C23H31ClO6/c1-11-18(15(26)6-16(27)19(11)24)20(28)30-17-9-22(4)14-8-21(2,3)7-12(14)5-13(10-25)23(17,22)29/h6,12-14,17,25-27,29H,5,7-10H2,1-4H3/t12-,13+,14+,17-,22-,23+/m1/s1. The molecule has 0 unspecified atom stereocenters. The molecule has 6 atom stereocenters. The zero-order valence-electron chi connectivity index (χ0n) is 17.9. The minimum absolute atomic E-state index is 0.0289. The van der Waals surface area contributed by atoms with E-state index in [1.807, 2.05) is 0 Å². The van der Waals surface area contributed by atoms with Crippen molar-refractivity contribution in [3.63, 3.8) is 0 Å². The van der Waals surface area contributed by atoms with Crippen molar-refractivity contribution >= 4 is 17.6 Å². The van der Waals surface area contributed by atoms with E-state index in [2.05, 4.69) is 20.8 Å². The van der Waals surface area contributed by atoms with Crippen LogP contribution in [0.15, 0.2) is 6.07 Å². The minimum Gasteiger partial charge on any atom is -0.507 e. The van der Waals surface area contributed by atoms with Crippen LogP contribution >= 0.6 is 11.6 Å². The molecule has 0 bridgehead atoms. The van der Waals surface area contributed by atoms with Gasteiger partial charge in [0.15, 0.2) is 0 Å². The van der Waals surface area contributed by atoms with Crippen molar-refractivity contribution in [2.75, 3.05) is 6.61 Å². The van der Waals surface area contributed by atoms with Crippen LogP contribution in [0.3, 0.4) is 0 Å². The van der Waals surface area contributed by atoms with Crippen LogP contribution in [0.4, 0.5) is 0 Å². The average Bonchev–Trinajstić information content (AvgIpc) is 2.97. The van der Waals surface area contributed by atoms with Crippen molar-refractivity contribution in [2.24, 2.45) is 28.6 Å². The Bertz CT molecular complexity index is 898. The third-order valence-electron chi connectivity index (χ3n) is 8.33. The summed E-state index contributed by atoms with van der Waals surface area (Å²) in [5.41, 5.74) is -1.47. The van der Waals surface area contributed by atoms with Crippen molar-refractivity contribution in [1.29, 1.82) is 0 Å². The van der Waals surface area contributed by atoms with Crippen LogP contribution in [0.1, 0.15) is 62.4 Å². The number of rotatable bonds is 3. The first-order valence-corrected chi connectivity index (χ1v) is 11.0. The summed E-state index contributed by atoms with van der Waals surface area (Å²) in [5.74, 6) is -1.15. The molecule has 30 heavy (non-hydrogen) atoms. The zero-order chi connectivity index (χ0) is 22.2. The maximum Gasteiger partial charge on any atom is 0.342 e. The molecule has 6 nitrogen and oxygen atoms in total. The van der Waals surface area contributed by atoms with Gasteiger partial charge in [-0.25, -0.2) is 4.79 Å². The number of carbonyl (C=O) groups is 1. The van der Waals surface area contributed by atoms with Crippen LogP contribution in [-0.2, 0) is 4.74 Å². The maximum absolute atomic E-state index is 12.9. The molecule has 0 amide bonds. The molecule has 0 aromatic heterocycles. The smallest absolute Gasteiger partial charge is 0.342 e. The van der Waals surface area contributed by atoms with Crippen molar-refractivity contribution in [1.82, 2.24) is 0 Å². The number of esters is 1. The Balaban J connectivity index is 1.63. The Morgan fingerprint density at radius 3 is 2.50 bits per heavy atom. The molecule has 0 heterocycles. The number of hydrogen-bond donors (Lipinski definition) is 4. The molecule has 3 aliphatic rings. The van der Waals surface area contributed by atoms with Gasteiger partial charge >= 0.3 is 5.97 Å². The third kappa shape index (κ3) is 2.80. The molecule has 4 rings (SSSR count). The van der Waals surface area contributed by atoms with Crippen molar-refractivity contribution in [2.45, 2.75) is 65.1 Å². The number of hydrogen-bond acceptors (Lipinski definition) is 6. The second-order valence-electron chi connectivity index (χ2n) is 10.6. The van der Waals surface area contributed by atoms with E-state index in [1.165, 1.54) is 6.92 Å². The zero-order valence-corrected chi connectivity index (χ0v) is 18.7. The predicted octanol–water partition coefficient (Wildman–Crippen LogP) is 3.79. The predicted molar refractivity (Wildman–Crippen MR) is 112 cm³/mol. The minimum atomic E-state index is -1.32. The number of benzene rings is 1. The molecular weight excluding hydrogens is 408 g/mol. The van der Waals surface area contributed by atoms with Gasteiger partial charge in [0.1, 0.15) is 28.8 Å². The number of fused-ring (bicyclic) bond motifs is 3. The van der Waals surface area contributed by atoms with Gasteiger partial charge in [-0.1, -0.05) is 32.4 Å². The highest BCUT2D eigenvalue weighted by molar-refractivity contribution is 6.33. The van der Waals surface area contributed by atoms with Crippen molar-refractivity contribution in [3.8, 4) is 11.5 Å². The van der Waals surface area contributed by atoms with E-state index in [-0.39, 0.29) is 39.8 Å². The summed E-state index contributed by atoms with van der Waals surface area (Å²) in [4.78, 5) is 12.9. The highest BCUT2D eigenvalue weighted by Gasteiger charge is 2.74. The first kappa shape index (κ1) is 21.7. The monoisotopic (exact) mass is 438 g/mol. The summed E-state index contributed by atoms with van der Waals surface area (Å²) in [5, 5.41) is 41.8. The maximum atomic E-state index is 12.9. The van der Waals surface area contributed by atoms with Crippen LogP contribution in [-0.4, -0.2) is 44.7 Å². The molecule has 3 saturated carbocycles. The number of halogens is 1. The summed E-state index contributed by atoms with van der Waals surface area (Å²) < 4.78 is 5.70. The van der Waals surface area contributed by atoms with Gasteiger partial charge in [0.05, 0.1) is 5.02 Å². The Morgan fingerprint density at radius 2 is 1.87 bits per heavy atom. The average molecular weight is 439 g/mol. The third-order valence-corrected chi connectivity index (χ3v) is 8.81. The number of aromatic hydroxyl groups is 2. The van der Waals surface area contributed by atoms with Crippen molar-refractivity contribution in [3.05, 3.63) is 22.2 Å².